The van der Waals surface area contributed by atoms with E-state index in [1.165, 1.54) is 5.56 Å². The Kier molecular flexibility index (Phi) is 5.32. The van der Waals surface area contributed by atoms with Crippen LogP contribution in [0, 0.1) is 3.57 Å². The summed E-state index contributed by atoms with van der Waals surface area (Å²) in [5, 5.41) is 9.38. The molecule has 0 saturated heterocycles. The third-order valence-corrected chi connectivity index (χ3v) is 2.92. The van der Waals surface area contributed by atoms with Gasteiger partial charge in [-0.15, -0.1) is 0 Å². The predicted octanol–water partition coefficient (Wildman–Crippen LogP) is 4.69. The summed E-state index contributed by atoms with van der Waals surface area (Å²) in [6, 6.07) is 15.8. The number of halogens is 1. The molecular formula is C14H15IO. The number of benzene rings is 2. The van der Waals surface area contributed by atoms with Crippen LogP contribution in [-0.4, -0.2) is 5.11 Å². The molecule has 2 aromatic carbocycles. The largest absolute Gasteiger partial charge is 0.507 e. The van der Waals surface area contributed by atoms with Gasteiger partial charge in [-0.2, -0.15) is 0 Å². The zero-order valence-corrected chi connectivity index (χ0v) is 11.6. The van der Waals surface area contributed by atoms with Crippen molar-refractivity contribution in [3.63, 3.8) is 0 Å². The van der Waals surface area contributed by atoms with Crippen molar-refractivity contribution < 1.29 is 5.11 Å². The monoisotopic (exact) mass is 326 g/mol. The minimum absolute atomic E-state index is 0.338. The lowest BCUT2D eigenvalue weighted by atomic mass is 10.1. The highest BCUT2D eigenvalue weighted by molar-refractivity contribution is 14.1. The lowest BCUT2D eigenvalue weighted by Crippen LogP contribution is -1.79. The van der Waals surface area contributed by atoms with E-state index in [2.05, 4.69) is 34.7 Å². The first-order valence-corrected chi connectivity index (χ1v) is 6.39. The van der Waals surface area contributed by atoms with Gasteiger partial charge < -0.3 is 5.11 Å². The van der Waals surface area contributed by atoms with Crippen molar-refractivity contribution in [3.8, 4) is 16.9 Å². The summed E-state index contributed by atoms with van der Waals surface area (Å²) >= 11 is 2.13. The Hall–Kier alpha value is -1.03. The third kappa shape index (κ3) is 3.23. The molecule has 1 N–H and O–H groups in total. The van der Waals surface area contributed by atoms with Crippen LogP contribution in [0.25, 0.3) is 11.1 Å². The molecule has 2 heteroatoms. The van der Waals surface area contributed by atoms with Gasteiger partial charge in [-0.25, -0.2) is 0 Å². The molecule has 0 fully saturated rings. The van der Waals surface area contributed by atoms with Gasteiger partial charge in [0.1, 0.15) is 5.75 Å². The van der Waals surface area contributed by atoms with E-state index in [0.29, 0.717) is 5.75 Å². The maximum atomic E-state index is 9.38. The fourth-order valence-corrected chi connectivity index (χ4v) is 1.83. The molecule has 0 aliphatic rings. The third-order valence-electron chi connectivity index (χ3n) is 2.05. The molecule has 0 aliphatic heterocycles. The standard InChI is InChI=1S/C12H9IO.C2H6/c13-11-8-10(6-7-12(11)14)9-4-2-1-3-5-9;1-2/h1-8,14H;1-2H3. The van der Waals surface area contributed by atoms with Crippen molar-refractivity contribution >= 4 is 22.6 Å². The number of hydrogen-bond acceptors (Lipinski definition) is 1. The van der Waals surface area contributed by atoms with E-state index in [1.807, 2.05) is 44.2 Å². The second kappa shape index (κ2) is 6.53. The molecule has 2 rings (SSSR count). The van der Waals surface area contributed by atoms with Crippen LogP contribution in [0.3, 0.4) is 0 Å². The van der Waals surface area contributed by atoms with Gasteiger partial charge in [0.25, 0.3) is 0 Å². The molecule has 2 aromatic rings. The van der Waals surface area contributed by atoms with Gasteiger partial charge in [0.05, 0.1) is 3.57 Å². The lowest BCUT2D eigenvalue weighted by molar-refractivity contribution is 0.471. The van der Waals surface area contributed by atoms with E-state index in [9.17, 15) is 5.11 Å². The van der Waals surface area contributed by atoms with E-state index in [-0.39, 0.29) is 0 Å². The highest BCUT2D eigenvalue weighted by Gasteiger charge is 2.00. The van der Waals surface area contributed by atoms with Crippen LogP contribution in [0.5, 0.6) is 5.75 Å². The molecule has 0 aliphatic carbocycles. The molecule has 16 heavy (non-hydrogen) atoms. The van der Waals surface area contributed by atoms with Gasteiger partial charge in [-0.05, 0) is 45.9 Å². The van der Waals surface area contributed by atoms with E-state index in [1.54, 1.807) is 6.07 Å². The quantitative estimate of drug-likeness (QED) is 0.754. The zero-order chi connectivity index (χ0) is 12.0. The maximum Gasteiger partial charge on any atom is 0.128 e. The Labute approximate surface area is 110 Å². The summed E-state index contributed by atoms with van der Waals surface area (Å²) in [6.07, 6.45) is 0. The SMILES string of the molecule is CC.Oc1ccc(-c2ccccc2)cc1I. The van der Waals surface area contributed by atoms with Crippen molar-refractivity contribution in [2.24, 2.45) is 0 Å². The van der Waals surface area contributed by atoms with Gasteiger partial charge in [-0.1, -0.05) is 50.2 Å². The molecule has 0 heterocycles. The molecule has 0 unspecified atom stereocenters. The number of rotatable bonds is 1. The van der Waals surface area contributed by atoms with Gasteiger partial charge in [-0.3, -0.25) is 0 Å². The molecule has 0 atom stereocenters. The van der Waals surface area contributed by atoms with Crippen molar-refractivity contribution in [2.75, 3.05) is 0 Å². The predicted molar refractivity (Wildman–Crippen MR) is 77.6 cm³/mol. The molecule has 0 radical (unpaired) electrons. The summed E-state index contributed by atoms with van der Waals surface area (Å²) in [4.78, 5) is 0. The van der Waals surface area contributed by atoms with Crippen molar-refractivity contribution in [3.05, 3.63) is 52.1 Å². The second-order valence-electron chi connectivity index (χ2n) is 3.03. The highest BCUT2D eigenvalue weighted by Crippen LogP contribution is 2.26. The van der Waals surface area contributed by atoms with E-state index in [4.69, 9.17) is 0 Å². The zero-order valence-electron chi connectivity index (χ0n) is 9.44. The number of phenols is 1. The Balaban J connectivity index is 0.000000606. The van der Waals surface area contributed by atoms with E-state index < -0.39 is 0 Å². The topological polar surface area (TPSA) is 20.2 Å². The van der Waals surface area contributed by atoms with Gasteiger partial charge in [0.2, 0.25) is 0 Å². The maximum absolute atomic E-state index is 9.38. The molecule has 1 nitrogen and oxygen atoms in total. The first kappa shape index (κ1) is 13.0. The van der Waals surface area contributed by atoms with E-state index in [0.717, 1.165) is 9.13 Å². The fourth-order valence-electron chi connectivity index (χ4n) is 1.32. The Morgan fingerprint density at radius 3 is 2.06 bits per heavy atom. The van der Waals surface area contributed by atoms with Crippen LogP contribution < -0.4 is 0 Å². The summed E-state index contributed by atoms with van der Waals surface area (Å²) in [6.45, 7) is 4.00. The molecule has 0 spiro atoms. The summed E-state index contributed by atoms with van der Waals surface area (Å²) in [5.41, 5.74) is 2.30. The summed E-state index contributed by atoms with van der Waals surface area (Å²) in [7, 11) is 0. The number of hydrogen-bond donors (Lipinski definition) is 1. The Morgan fingerprint density at radius 1 is 0.875 bits per heavy atom. The van der Waals surface area contributed by atoms with Crippen LogP contribution in [0.15, 0.2) is 48.5 Å². The first-order chi connectivity index (χ1) is 7.77. The van der Waals surface area contributed by atoms with Gasteiger partial charge >= 0.3 is 0 Å². The minimum atomic E-state index is 0.338. The summed E-state index contributed by atoms with van der Waals surface area (Å²) in [5.74, 6) is 0.338. The number of phenolic OH excluding ortho intramolecular Hbond substituents is 1. The molecule has 84 valence electrons. The highest BCUT2D eigenvalue weighted by atomic mass is 127. The van der Waals surface area contributed by atoms with Crippen molar-refractivity contribution in [2.45, 2.75) is 13.8 Å². The van der Waals surface area contributed by atoms with Crippen LogP contribution in [0.4, 0.5) is 0 Å². The smallest absolute Gasteiger partial charge is 0.128 e. The van der Waals surface area contributed by atoms with Gasteiger partial charge in [0, 0.05) is 0 Å². The minimum Gasteiger partial charge on any atom is -0.507 e. The molecule has 0 bridgehead atoms. The normalized spacial score (nSPS) is 9.19. The van der Waals surface area contributed by atoms with Crippen LogP contribution in [0.1, 0.15) is 13.8 Å². The average Bonchev–Trinajstić information content (AvgIpc) is 2.36. The molecule has 0 amide bonds. The summed E-state index contributed by atoms with van der Waals surface area (Å²) < 4.78 is 0.879. The molecule has 0 saturated carbocycles. The van der Waals surface area contributed by atoms with E-state index >= 15 is 0 Å². The molecular weight excluding hydrogens is 311 g/mol. The first-order valence-electron chi connectivity index (χ1n) is 5.31. The lowest BCUT2D eigenvalue weighted by Gasteiger charge is -2.03. The van der Waals surface area contributed by atoms with Gasteiger partial charge in [0.15, 0.2) is 0 Å². The Bertz CT molecular complexity index is 438. The van der Waals surface area contributed by atoms with Crippen LogP contribution in [-0.2, 0) is 0 Å². The number of aromatic hydroxyl groups is 1. The fraction of sp³-hybridized carbons (Fsp3) is 0.143. The molecule has 0 aromatic heterocycles. The Morgan fingerprint density at radius 2 is 1.50 bits per heavy atom. The van der Waals surface area contributed by atoms with Crippen molar-refractivity contribution in [1.82, 2.24) is 0 Å². The average molecular weight is 326 g/mol. The van der Waals surface area contributed by atoms with Crippen molar-refractivity contribution in [1.29, 1.82) is 0 Å². The van der Waals surface area contributed by atoms with Crippen LogP contribution >= 0.6 is 22.6 Å². The van der Waals surface area contributed by atoms with Crippen LogP contribution in [0.2, 0.25) is 0 Å². The second-order valence-corrected chi connectivity index (χ2v) is 4.19.